The number of carbonyl (C=O) groups excluding carboxylic acids is 2. The molecule has 1 unspecified atom stereocenters. The van der Waals surface area contributed by atoms with E-state index in [1.807, 2.05) is 54.6 Å². The highest BCUT2D eigenvalue weighted by molar-refractivity contribution is 6.03. The van der Waals surface area contributed by atoms with Gasteiger partial charge >= 0.3 is 0 Å². The molecule has 1 aromatic heterocycles. The quantitative estimate of drug-likeness (QED) is 0.464. The standard InChI is InChI=1S/C26H22N4O4/c1-33-22-13-9-17(10-14-22)24-28-26(34-29-24)18-7-11-20(12-8-18)27-25(32)19-15-23(31)30(16-19)21-5-3-2-4-6-21/h2-14,19H,15-16H2,1H3,(H,27,32). The molecule has 2 amide bonds. The van der Waals surface area contributed by atoms with Gasteiger partial charge in [0.1, 0.15) is 5.75 Å². The Morgan fingerprint density at radius 1 is 1.00 bits per heavy atom. The summed E-state index contributed by atoms with van der Waals surface area (Å²) >= 11 is 0. The Hall–Kier alpha value is -4.46. The van der Waals surface area contributed by atoms with Crippen molar-refractivity contribution in [2.75, 3.05) is 23.9 Å². The summed E-state index contributed by atoms with van der Waals surface area (Å²) in [7, 11) is 1.61. The van der Waals surface area contributed by atoms with Crippen LogP contribution in [-0.4, -0.2) is 35.6 Å². The van der Waals surface area contributed by atoms with Crippen LogP contribution in [0.25, 0.3) is 22.8 Å². The molecule has 4 aromatic rings. The van der Waals surface area contributed by atoms with Crippen molar-refractivity contribution in [1.82, 2.24) is 10.1 Å². The average Bonchev–Trinajstić information content (AvgIpc) is 3.53. The summed E-state index contributed by atoms with van der Waals surface area (Å²) in [5.41, 5.74) is 2.99. The molecule has 2 heterocycles. The number of para-hydroxylation sites is 1. The molecule has 1 fully saturated rings. The van der Waals surface area contributed by atoms with Crippen molar-refractivity contribution in [2.24, 2.45) is 5.92 Å². The van der Waals surface area contributed by atoms with Crippen molar-refractivity contribution >= 4 is 23.2 Å². The maximum absolute atomic E-state index is 12.8. The van der Waals surface area contributed by atoms with Crippen LogP contribution in [0.5, 0.6) is 5.75 Å². The number of ether oxygens (including phenoxy) is 1. The van der Waals surface area contributed by atoms with Crippen LogP contribution in [0.4, 0.5) is 11.4 Å². The summed E-state index contributed by atoms with van der Waals surface area (Å²) in [6, 6.07) is 23.9. The maximum Gasteiger partial charge on any atom is 0.258 e. The van der Waals surface area contributed by atoms with E-state index in [0.717, 1.165) is 22.6 Å². The first-order valence-corrected chi connectivity index (χ1v) is 10.9. The van der Waals surface area contributed by atoms with Gasteiger partial charge in [0.25, 0.3) is 5.89 Å². The number of rotatable bonds is 6. The normalized spacial score (nSPS) is 15.4. The predicted molar refractivity (Wildman–Crippen MR) is 127 cm³/mol. The summed E-state index contributed by atoms with van der Waals surface area (Å²) in [5.74, 6) is 0.965. The average molecular weight is 454 g/mol. The molecule has 1 saturated heterocycles. The number of anilines is 2. The lowest BCUT2D eigenvalue weighted by molar-refractivity contribution is -0.122. The number of hydrogen-bond donors (Lipinski definition) is 1. The maximum atomic E-state index is 12.8. The van der Waals surface area contributed by atoms with Gasteiger partial charge in [-0.05, 0) is 60.7 Å². The predicted octanol–water partition coefficient (Wildman–Crippen LogP) is 4.40. The molecule has 1 aliphatic heterocycles. The van der Waals surface area contributed by atoms with E-state index >= 15 is 0 Å². The van der Waals surface area contributed by atoms with Crippen LogP contribution in [0, 0.1) is 5.92 Å². The van der Waals surface area contributed by atoms with E-state index in [-0.39, 0.29) is 18.2 Å². The molecule has 0 radical (unpaired) electrons. The fraction of sp³-hybridized carbons (Fsp3) is 0.154. The number of methoxy groups -OCH3 is 1. The molecule has 34 heavy (non-hydrogen) atoms. The van der Waals surface area contributed by atoms with Gasteiger partial charge in [-0.15, -0.1) is 0 Å². The molecule has 0 aliphatic carbocycles. The van der Waals surface area contributed by atoms with Gasteiger partial charge in [0, 0.05) is 35.5 Å². The lowest BCUT2D eigenvalue weighted by Gasteiger charge is -2.16. The molecule has 0 bridgehead atoms. The van der Waals surface area contributed by atoms with E-state index in [2.05, 4.69) is 15.5 Å². The number of nitrogens with one attached hydrogen (secondary N) is 1. The van der Waals surface area contributed by atoms with E-state index in [1.54, 1.807) is 36.3 Å². The molecular formula is C26H22N4O4. The van der Waals surface area contributed by atoms with Crippen LogP contribution in [0.2, 0.25) is 0 Å². The van der Waals surface area contributed by atoms with E-state index in [0.29, 0.717) is 23.9 Å². The van der Waals surface area contributed by atoms with Gasteiger partial charge in [-0.25, -0.2) is 0 Å². The lowest BCUT2D eigenvalue weighted by atomic mass is 10.1. The molecule has 3 aromatic carbocycles. The molecule has 8 heteroatoms. The molecule has 1 atom stereocenters. The summed E-state index contributed by atoms with van der Waals surface area (Å²) in [6.45, 7) is 0.364. The molecule has 1 N–H and O–H groups in total. The number of carbonyl (C=O) groups is 2. The minimum atomic E-state index is -0.407. The second-order valence-electron chi connectivity index (χ2n) is 7.96. The third-order valence-electron chi connectivity index (χ3n) is 5.74. The van der Waals surface area contributed by atoms with Gasteiger partial charge in [-0.3, -0.25) is 9.59 Å². The van der Waals surface area contributed by atoms with Crippen LogP contribution in [-0.2, 0) is 9.59 Å². The van der Waals surface area contributed by atoms with Crippen LogP contribution >= 0.6 is 0 Å². The number of aromatic nitrogens is 2. The number of hydrogen-bond acceptors (Lipinski definition) is 6. The second-order valence-corrected chi connectivity index (χ2v) is 7.96. The van der Waals surface area contributed by atoms with Crippen LogP contribution < -0.4 is 15.0 Å². The zero-order valence-corrected chi connectivity index (χ0v) is 18.5. The first-order chi connectivity index (χ1) is 16.6. The largest absolute Gasteiger partial charge is 0.497 e. The number of benzene rings is 3. The molecule has 0 spiro atoms. The van der Waals surface area contributed by atoms with E-state index in [4.69, 9.17) is 9.26 Å². The fourth-order valence-electron chi connectivity index (χ4n) is 3.88. The fourth-order valence-corrected chi connectivity index (χ4v) is 3.88. The van der Waals surface area contributed by atoms with Gasteiger partial charge in [0.2, 0.25) is 17.6 Å². The van der Waals surface area contributed by atoms with Gasteiger partial charge < -0.3 is 19.5 Å². The van der Waals surface area contributed by atoms with Crippen molar-refractivity contribution in [3.05, 3.63) is 78.9 Å². The lowest BCUT2D eigenvalue weighted by Crippen LogP contribution is -2.28. The third kappa shape index (κ3) is 4.38. The van der Waals surface area contributed by atoms with Crippen LogP contribution in [0.15, 0.2) is 83.4 Å². The monoisotopic (exact) mass is 454 g/mol. The van der Waals surface area contributed by atoms with Crippen LogP contribution in [0.3, 0.4) is 0 Å². The Kier molecular flexibility index (Phi) is 5.78. The summed E-state index contributed by atoms with van der Waals surface area (Å²) < 4.78 is 10.6. The third-order valence-corrected chi connectivity index (χ3v) is 5.74. The van der Waals surface area contributed by atoms with Crippen molar-refractivity contribution < 1.29 is 18.8 Å². The van der Waals surface area contributed by atoms with Gasteiger partial charge in [-0.2, -0.15) is 4.98 Å². The number of nitrogens with zero attached hydrogens (tertiary/aromatic N) is 3. The van der Waals surface area contributed by atoms with E-state index < -0.39 is 5.92 Å². The molecule has 1 aliphatic rings. The first kappa shape index (κ1) is 21.4. The highest BCUT2D eigenvalue weighted by Gasteiger charge is 2.35. The zero-order valence-electron chi connectivity index (χ0n) is 18.5. The second kappa shape index (κ2) is 9.19. The number of amides is 2. The zero-order chi connectivity index (χ0) is 23.5. The van der Waals surface area contributed by atoms with Gasteiger partial charge in [0.05, 0.1) is 13.0 Å². The molecule has 170 valence electrons. The Morgan fingerprint density at radius 2 is 1.71 bits per heavy atom. The molecule has 8 nitrogen and oxygen atoms in total. The van der Waals surface area contributed by atoms with Gasteiger partial charge in [0.15, 0.2) is 0 Å². The van der Waals surface area contributed by atoms with Crippen LogP contribution in [0.1, 0.15) is 6.42 Å². The highest BCUT2D eigenvalue weighted by Crippen LogP contribution is 2.27. The Labute approximate surface area is 196 Å². The Bertz CT molecular complexity index is 1300. The van der Waals surface area contributed by atoms with E-state index in [9.17, 15) is 9.59 Å². The smallest absolute Gasteiger partial charge is 0.258 e. The van der Waals surface area contributed by atoms with Crippen molar-refractivity contribution in [1.29, 1.82) is 0 Å². The summed E-state index contributed by atoms with van der Waals surface area (Å²) in [5, 5.41) is 6.95. The molecular weight excluding hydrogens is 432 g/mol. The SMILES string of the molecule is COc1ccc(-c2noc(-c3ccc(NC(=O)C4CC(=O)N(c5ccccc5)C4)cc3)n2)cc1. The first-order valence-electron chi connectivity index (χ1n) is 10.9. The van der Waals surface area contributed by atoms with E-state index in [1.165, 1.54) is 0 Å². The Morgan fingerprint density at radius 3 is 2.41 bits per heavy atom. The minimum Gasteiger partial charge on any atom is -0.497 e. The Balaban J connectivity index is 1.23. The molecule has 0 saturated carbocycles. The van der Waals surface area contributed by atoms with Crippen molar-refractivity contribution in [3.63, 3.8) is 0 Å². The van der Waals surface area contributed by atoms with Crippen molar-refractivity contribution in [2.45, 2.75) is 6.42 Å². The topological polar surface area (TPSA) is 97.6 Å². The summed E-state index contributed by atoms with van der Waals surface area (Å²) in [4.78, 5) is 31.3. The highest BCUT2D eigenvalue weighted by atomic mass is 16.5. The van der Waals surface area contributed by atoms with Gasteiger partial charge in [-0.1, -0.05) is 23.4 Å². The van der Waals surface area contributed by atoms with Crippen molar-refractivity contribution in [3.8, 4) is 28.6 Å². The molecule has 5 rings (SSSR count). The summed E-state index contributed by atoms with van der Waals surface area (Å²) in [6.07, 6.45) is 0.189. The minimum absolute atomic E-state index is 0.0502.